The summed E-state index contributed by atoms with van der Waals surface area (Å²) in [5.41, 5.74) is 0.838. The van der Waals surface area contributed by atoms with E-state index in [1.165, 1.54) is 12.4 Å². The van der Waals surface area contributed by atoms with E-state index in [1.807, 2.05) is 13.8 Å². The van der Waals surface area contributed by atoms with Gasteiger partial charge in [0.25, 0.3) is 0 Å². The highest BCUT2D eigenvalue weighted by atomic mass is 16.3. The van der Waals surface area contributed by atoms with Crippen molar-refractivity contribution in [3.63, 3.8) is 0 Å². The summed E-state index contributed by atoms with van der Waals surface area (Å²) in [5, 5.41) is 13.5. The summed E-state index contributed by atoms with van der Waals surface area (Å²) in [4.78, 5) is 19.0. The third-order valence-electron chi connectivity index (χ3n) is 2.34. The maximum atomic E-state index is 10.8. The van der Waals surface area contributed by atoms with Crippen molar-refractivity contribution >= 4 is 23.0 Å². The van der Waals surface area contributed by atoms with Crippen molar-refractivity contribution < 1.29 is 9.90 Å². The summed E-state index contributed by atoms with van der Waals surface area (Å²) in [5.74, 6) is 0.592. The predicted molar refractivity (Wildman–Crippen MR) is 65.3 cm³/mol. The standard InChI is InChI=1S/C12H13N3O2/c1-7(2)15-12-9-3-8(5-16)11(17)4-10(9)13-6-14-12/h3-7,17H,1-2H3,(H,13,14,15). The van der Waals surface area contributed by atoms with Crippen LogP contribution >= 0.6 is 0 Å². The van der Waals surface area contributed by atoms with Crippen molar-refractivity contribution in [3.05, 3.63) is 24.0 Å². The molecule has 0 fully saturated rings. The number of nitrogens with one attached hydrogen (secondary N) is 1. The van der Waals surface area contributed by atoms with Gasteiger partial charge in [-0.1, -0.05) is 0 Å². The van der Waals surface area contributed by atoms with E-state index in [1.54, 1.807) is 6.07 Å². The molecular weight excluding hydrogens is 218 g/mol. The third-order valence-corrected chi connectivity index (χ3v) is 2.34. The van der Waals surface area contributed by atoms with Crippen LogP contribution in [-0.2, 0) is 0 Å². The number of anilines is 1. The summed E-state index contributed by atoms with van der Waals surface area (Å²) in [6, 6.07) is 3.27. The molecule has 0 aliphatic heterocycles. The molecule has 0 aliphatic rings. The second-order valence-corrected chi connectivity index (χ2v) is 4.07. The Morgan fingerprint density at radius 3 is 2.76 bits per heavy atom. The van der Waals surface area contributed by atoms with Gasteiger partial charge in [0.05, 0.1) is 11.1 Å². The average Bonchev–Trinajstić information content (AvgIpc) is 2.27. The van der Waals surface area contributed by atoms with Crippen LogP contribution in [0.25, 0.3) is 10.9 Å². The second kappa shape index (κ2) is 4.37. The topological polar surface area (TPSA) is 75.1 Å². The number of hydrogen-bond acceptors (Lipinski definition) is 5. The van der Waals surface area contributed by atoms with Crippen molar-refractivity contribution in [2.24, 2.45) is 0 Å². The number of aromatic nitrogens is 2. The van der Waals surface area contributed by atoms with Gasteiger partial charge in [0.15, 0.2) is 6.29 Å². The molecule has 1 aromatic carbocycles. The number of nitrogens with zero attached hydrogens (tertiary/aromatic N) is 2. The van der Waals surface area contributed by atoms with Gasteiger partial charge in [0.2, 0.25) is 0 Å². The number of carbonyl (C=O) groups excluding carboxylic acids is 1. The lowest BCUT2D eigenvalue weighted by Crippen LogP contribution is -2.11. The minimum atomic E-state index is -0.0679. The Bertz CT molecular complexity index is 567. The first-order valence-electron chi connectivity index (χ1n) is 5.31. The van der Waals surface area contributed by atoms with Crippen molar-refractivity contribution in [2.45, 2.75) is 19.9 Å². The van der Waals surface area contributed by atoms with Crippen LogP contribution in [0.15, 0.2) is 18.5 Å². The maximum Gasteiger partial charge on any atom is 0.153 e. The molecule has 0 saturated carbocycles. The molecule has 0 unspecified atom stereocenters. The zero-order chi connectivity index (χ0) is 12.4. The Morgan fingerprint density at radius 2 is 2.12 bits per heavy atom. The smallest absolute Gasteiger partial charge is 0.153 e. The van der Waals surface area contributed by atoms with Gasteiger partial charge in [-0.05, 0) is 19.9 Å². The lowest BCUT2D eigenvalue weighted by Gasteiger charge is -2.11. The highest BCUT2D eigenvalue weighted by Gasteiger charge is 2.09. The quantitative estimate of drug-likeness (QED) is 0.790. The zero-order valence-corrected chi connectivity index (χ0v) is 9.64. The normalized spacial score (nSPS) is 10.8. The van der Waals surface area contributed by atoms with E-state index < -0.39 is 0 Å². The number of carbonyl (C=O) groups is 1. The highest BCUT2D eigenvalue weighted by Crippen LogP contribution is 2.26. The summed E-state index contributed by atoms with van der Waals surface area (Å²) in [7, 11) is 0. The molecular formula is C12H13N3O2. The first-order valence-corrected chi connectivity index (χ1v) is 5.31. The molecule has 0 saturated heterocycles. The van der Waals surface area contributed by atoms with Crippen LogP contribution < -0.4 is 5.32 Å². The second-order valence-electron chi connectivity index (χ2n) is 4.07. The fourth-order valence-corrected chi connectivity index (χ4v) is 1.59. The molecule has 5 heteroatoms. The Kier molecular flexibility index (Phi) is 2.91. The average molecular weight is 231 g/mol. The molecule has 1 heterocycles. The van der Waals surface area contributed by atoms with E-state index >= 15 is 0 Å². The van der Waals surface area contributed by atoms with Gasteiger partial charge < -0.3 is 10.4 Å². The SMILES string of the molecule is CC(C)Nc1ncnc2cc(O)c(C=O)cc12. The first kappa shape index (κ1) is 11.3. The van der Waals surface area contributed by atoms with Gasteiger partial charge in [0.1, 0.15) is 17.9 Å². The van der Waals surface area contributed by atoms with Crippen molar-refractivity contribution in [2.75, 3.05) is 5.32 Å². The highest BCUT2D eigenvalue weighted by molar-refractivity contribution is 5.95. The molecule has 0 bridgehead atoms. The van der Waals surface area contributed by atoms with E-state index in [9.17, 15) is 9.90 Å². The summed E-state index contributed by atoms with van der Waals surface area (Å²) < 4.78 is 0. The molecule has 1 aromatic heterocycles. The molecule has 2 aromatic rings. The summed E-state index contributed by atoms with van der Waals surface area (Å²) in [6.07, 6.45) is 2.04. The third kappa shape index (κ3) is 2.18. The molecule has 5 nitrogen and oxygen atoms in total. The van der Waals surface area contributed by atoms with E-state index in [2.05, 4.69) is 15.3 Å². The van der Waals surface area contributed by atoms with Gasteiger partial charge >= 0.3 is 0 Å². The van der Waals surface area contributed by atoms with E-state index in [0.29, 0.717) is 17.6 Å². The van der Waals surface area contributed by atoms with E-state index in [-0.39, 0.29) is 17.4 Å². The predicted octanol–water partition coefficient (Wildman–Crippen LogP) is 1.97. The van der Waals surface area contributed by atoms with Crippen LogP contribution in [0.5, 0.6) is 5.75 Å². The number of aromatic hydroxyl groups is 1. The number of rotatable bonds is 3. The first-order chi connectivity index (χ1) is 8.11. The Hall–Kier alpha value is -2.17. The van der Waals surface area contributed by atoms with Crippen LogP contribution in [0, 0.1) is 0 Å². The minimum Gasteiger partial charge on any atom is -0.507 e. The minimum absolute atomic E-state index is 0.0679. The number of aldehydes is 1. The Morgan fingerprint density at radius 1 is 1.35 bits per heavy atom. The number of benzene rings is 1. The Balaban J connectivity index is 2.65. The lowest BCUT2D eigenvalue weighted by atomic mass is 10.1. The molecule has 0 radical (unpaired) electrons. The van der Waals surface area contributed by atoms with Gasteiger partial charge in [0, 0.05) is 17.5 Å². The van der Waals surface area contributed by atoms with Crippen molar-refractivity contribution in [1.29, 1.82) is 0 Å². The van der Waals surface area contributed by atoms with Crippen LogP contribution in [0.2, 0.25) is 0 Å². The van der Waals surface area contributed by atoms with E-state index in [0.717, 1.165) is 5.39 Å². The van der Waals surface area contributed by atoms with Gasteiger partial charge in [-0.2, -0.15) is 0 Å². The zero-order valence-electron chi connectivity index (χ0n) is 9.64. The Labute approximate surface area is 98.5 Å². The molecule has 88 valence electrons. The monoisotopic (exact) mass is 231 g/mol. The molecule has 0 aliphatic carbocycles. The molecule has 0 atom stereocenters. The number of phenolic OH excluding ortho intramolecular Hbond substituents is 1. The largest absolute Gasteiger partial charge is 0.507 e. The number of phenols is 1. The van der Waals surface area contributed by atoms with Crippen LogP contribution in [0.4, 0.5) is 5.82 Å². The van der Waals surface area contributed by atoms with Crippen LogP contribution in [0.1, 0.15) is 24.2 Å². The van der Waals surface area contributed by atoms with Crippen LogP contribution in [-0.4, -0.2) is 27.4 Å². The van der Waals surface area contributed by atoms with Gasteiger partial charge in [-0.3, -0.25) is 4.79 Å². The molecule has 2 rings (SSSR count). The summed E-state index contributed by atoms with van der Waals surface area (Å²) >= 11 is 0. The summed E-state index contributed by atoms with van der Waals surface area (Å²) in [6.45, 7) is 3.99. The van der Waals surface area contributed by atoms with Crippen molar-refractivity contribution in [3.8, 4) is 5.75 Å². The molecule has 0 spiro atoms. The fourth-order valence-electron chi connectivity index (χ4n) is 1.59. The number of hydrogen-bond donors (Lipinski definition) is 2. The maximum absolute atomic E-state index is 10.8. The van der Waals surface area contributed by atoms with E-state index in [4.69, 9.17) is 0 Å². The number of fused-ring (bicyclic) bond motifs is 1. The fraction of sp³-hybridized carbons (Fsp3) is 0.250. The van der Waals surface area contributed by atoms with Crippen LogP contribution in [0.3, 0.4) is 0 Å². The molecule has 2 N–H and O–H groups in total. The molecule has 17 heavy (non-hydrogen) atoms. The lowest BCUT2D eigenvalue weighted by molar-refractivity contribution is 0.112. The van der Waals surface area contributed by atoms with Crippen molar-refractivity contribution in [1.82, 2.24) is 9.97 Å². The van der Waals surface area contributed by atoms with Gasteiger partial charge in [-0.15, -0.1) is 0 Å². The van der Waals surface area contributed by atoms with Gasteiger partial charge in [-0.25, -0.2) is 9.97 Å². The molecule has 0 amide bonds.